The number of esters is 1. The quantitative estimate of drug-likeness (QED) is 0.183. The first-order chi connectivity index (χ1) is 30.6. The lowest BCUT2D eigenvalue weighted by atomic mass is 9.98. The molecule has 4 aromatic rings. The fourth-order valence-corrected chi connectivity index (χ4v) is 9.63. The molecule has 3 atom stereocenters. The lowest BCUT2D eigenvalue weighted by molar-refractivity contribution is -0.153. The first kappa shape index (κ1) is 46.9. The smallest absolute Gasteiger partial charge is 0.408 e. The van der Waals surface area contributed by atoms with Gasteiger partial charge in [0.15, 0.2) is 15.7 Å². The number of ether oxygens (including phenoxy) is 3. The maximum absolute atomic E-state index is 14.0. The zero-order valence-electron chi connectivity index (χ0n) is 38.4. The van der Waals surface area contributed by atoms with Crippen LogP contribution in [0.1, 0.15) is 95.4 Å². The van der Waals surface area contributed by atoms with Gasteiger partial charge in [0.2, 0.25) is 5.91 Å². The molecule has 3 aliphatic heterocycles. The number of benzene rings is 1. The number of fused-ring (bicyclic) bond motifs is 2. The van der Waals surface area contributed by atoms with Crippen molar-refractivity contribution in [2.24, 2.45) is 5.92 Å². The molecule has 3 fully saturated rings. The monoisotopic (exact) mass is 917 g/mol. The fraction of sp³-hybridized carbons (Fsp3) is 0.568. The molecule has 7 rings (SSSR count). The van der Waals surface area contributed by atoms with Crippen LogP contribution in [0, 0.1) is 19.8 Å². The molecule has 21 heteroatoms. The molecule has 0 bridgehead atoms. The van der Waals surface area contributed by atoms with Crippen molar-refractivity contribution in [1.29, 1.82) is 0 Å². The van der Waals surface area contributed by atoms with Crippen LogP contribution in [0.2, 0.25) is 0 Å². The Balaban J connectivity index is 1.01. The number of anilines is 3. The Kier molecular flexibility index (Phi) is 13.3. The number of aromatic amines is 1. The van der Waals surface area contributed by atoms with Crippen molar-refractivity contribution in [3.8, 4) is 5.75 Å². The normalized spacial score (nSPS) is 19.9. The minimum atomic E-state index is -3.87. The molecule has 3 aliphatic rings. The second kappa shape index (κ2) is 18.4. The van der Waals surface area contributed by atoms with E-state index in [4.69, 9.17) is 14.2 Å². The standard InChI is InChI=1S/C44H59N11O9S/c1-25-26(2)51-52-37(25)50-38-29-18-35(65(60,61)44(6,7)8)34(19-30(29)47-24-48-38)63-23-27-12-15-53(16-13-27)36-21-45-31(20-46-36)39(56)54-17-14-28-10-11-33(41(58)62-9)55(28)40(57)32(22-54)49-42(59)64-43(3,4)5/h18-21,24,27-28,32-33H,10-17,22-23H2,1-9H3,(H,49,59)(H2,47,48,50,51,52)/t28-,32-,33-/m1/s1. The predicted octanol–water partition coefficient (Wildman–Crippen LogP) is 4.64. The van der Waals surface area contributed by atoms with Crippen LogP contribution in [0.5, 0.6) is 5.75 Å². The van der Waals surface area contributed by atoms with Crippen LogP contribution in [0.3, 0.4) is 0 Å². The number of aromatic nitrogens is 6. The highest BCUT2D eigenvalue weighted by atomic mass is 32.2. The van der Waals surface area contributed by atoms with Gasteiger partial charge in [-0.25, -0.2) is 37.9 Å². The molecule has 0 spiro atoms. The Morgan fingerprint density at radius 1 is 0.908 bits per heavy atom. The van der Waals surface area contributed by atoms with Crippen LogP contribution in [-0.4, -0.2) is 141 Å². The van der Waals surface area contributed by atoms with Crippen molar-refractivity contribution in [2.75, 3.05) is 50.1 Å². The highest BCUT2D eigenvalue weighted by molar-refractivity contribution is 7.92. The molecular formula is C44H59N11O9S. The van der Waals surface area contributed by atoms with E-state index >= 15 is 0 Å². The number of carbonyl (C=O) groups excluding carboxylic acids is 4. The Bertz CT molecular complexity index is 2550. The Labute approximate surface area is 378 Å². The van der Waals surface area contributed by atoms with Gasteiger partial charge in [-0.3, -0.25) is 14.7 Å². The SMILES string of the molecule is COC(=O)[C@H]1CC[C@@H]2CCN(C(=O)c3cnc(N4CCC(COc5cc6ncnc(Nc7n[nH]c(C)c7C)c6cc5S(=O)(=O)C(C)(C)C)CC4)cn3)C[C@@H](NC(=O)OC(C)(C)C)C(=O)N21. The summed E-state index contributed by atoms with van der Waals surface area (Å²) in [6.45, 7) is 15.5. The average molecular weight is 918 g/mol. The molecule has 1 aromatic carbocycles. The summed E-state index contributed by atoms with van der Waals surface area (Å²) in [5.74, 6) is 0.421. The molecule has 3 N–H and O–H groups in total. The van der Waals surface area contributed by atoms with Crippen molar-refractivity contribution in [2.45, 2.75) is 121 Å². The summed E-state index contributed by atoms with van der Waals surface area (Å²) in [7, 11) is -2.60. The molecule has 6 heterocycles. The topological polar surface area (TPSA) is 244 Å². The molecule has 65 heavy (non-hydrogen) atoms. The Morgan fingerprint density at radius 2 is 1.65 bits per heavy atom. The van der Waals surface area contributed by atoms with E-state index in [9.17, 15) is 27.6 Å². The van der Waals surface area contributed by atoms with Crippen LogP contribution in [-0.2, 0) is 28.9 Å². The van der Waals surface area contributed by atoms with E-state index < -0.39 is 56.1 Å². The maximum Gasteiger partial charge on any atom is 0.408 e. The van der Waals surface area contributed by atoms with Crippen LogP contribution >= 0.6 is 0 Å². The van der Waals surface area contributed by atoms with E-state index in [0.717, 1.165) is 24.1 Å². The third-order valence-electron chi connectivity index (χ3n) is 12.2. The Hall–Kier alpha value is -6.12. The number of hydrogen-bond acceptors (Lipinski definition) is 16. The minimum absolute atomic E-state index is 0.0532. The van der Waals surface area contributed by atoms with Gasteiger partial charge in [0, 0.05) is 48.4 Å². The number of carbonyl (C=O) groups is 4. The summed E-state index contributed by atoms with van der Waals surface area (Å²) in [5.41, 5.74) is 1.55. The molecule has 3 aromatic heterocycles. The average Bonchev–Trinajstić information content (AvgIpc) is 3.82. The fourth-order valence-electron chi connectivity index (χ4n) is 8.31. The summed E-state index contributed by atoms with van der Waals surface area (Å²) in [4.78, 5) is 76.6. The largest absolute Gasteiger partial charge is 0.492 e. The zero-order chi connectivity index (χ0) is 47.0. The summed E-state index contributed by atoms with van der Waals surface area (Å²) in [6, 6.07) is 0.912. The molecule has 0 unspecified atom stereocenters. The molecule has 20 nitrogen and oxygen atoms in total. The minimum Gasteiger partial charge on any atom is -0.492 e. The van der Waals surface area contributed by atoms with Gasteiger partial charge < -0.3 is 39.5 Å². The van der Waals surface area contributed by atoms with E-state index in [-0.39, 0.29) is 48.0 Å². The summed E-state index contributed by atoms with van der Waals surface area (Å²) < 4.78 is 43.7. The van der Waals surface area contributed by atoms with Crippen LogP contribution in [0.25, 0.3) is 10.9 Å². The zero-order valence-corrected chi connectivity index (χ0v) is 39.2. The first-order valence-electron chi connectivity index (χ1n) is 21.9. The summed E-state index contributed by atoms with van der Waals surface area (Å²) in [6.07, 6.45) is 6.35. The number of amides is 3. The van der Waals surface area contributed by atoms with Crippen molar-refractivity contribution >= 4 is 62.1 Å². The van der Waals surface area contributed by atoms with E-state index in [2.05, 4.69) is 45.7 Å². The molecule has 3 amide bonds. The van der Waals surface area contributed by atoms with Gasteiger partial charge in [0.25, 0.3) is 5.91 Å². The third-order valence-corrected chi connectivity index (χ3v) is 14.7. The number of nitrogens with zero attached hydrogens (tertiary/aromatic N) is 8. The lowest BCUT2D eigenvalue weighted by Crippen LogP contribution is -2.60. The van der Waals surface area contributed by atoms with Gasteiger partial charge >= 0.3 is 12.1 Å². The number of hydrogen-bond donors (Lipinski definition) is 3. The number of alkyl carbamates (subject to hydrolysis) is 1. The highest BCUT2D eigenvalue weighted by Crippen LogP contribution is 2.38. The lowest BCUT2D eigenvalue weighted by Gasteiger charge is -2.38. The third kappa shape index (κ3) is 10.1. The molecule has 0 saturated carbocycles. The van der Waals surface area contributed by atoms with Gasteiger partial charge in [-0.15, -0.1) is 0 Å². The number of sulfone groups is 1. The number of nitrogens with one attached hydrogen (secondary N) is 3. The van der Waals surface area contributed by atoms with Crippen LogP contribution < -0.4 is 20.3 Å². The number of piperidine rings is 1. The van der Waals surface area contributed by atoms with Gasteiger partial charge in [-0.2, -0.15) is 5.10 Å². The van der Waals surface area contributed by atoms with Gasteiger partial charge in [0.1, 0.15) is 52.0 Å². The number of aryl methyl sites for hydroxylation is 1. The van der Waals surface area contributed by atoms with Gasteiger partial charge in [0.05, 0.1) is 42.9 Å². The van der Waals surface area contributed by atoms with Crippen LogP contribution in [0.4, 0.5) is 22.2 Å². The van der Waals surface area contributed by atoms with Crippen molar-refractivity contribution in [3.63, 3.8) is 0 Å². The number of H-pyrrole nitrogens is 1. The van der Waals surface area contributed by atoms with Gasteiger partial charge in [-0.05, 0) is 99.5 Å². The van der Waals surface area contributed by atoms with Gasteiger partial charge in [-0.1, -0.05) is 0 Å². The summed E-state index contributed by atoms with van der Waals surface area (Å²) >= 11 is 0. The molecular weight excluding hydrogens is 859 g/mol. The molecule has 350 valence electrons. The molecule has 0 radical (unpaired) electrons. The predicted molar refractivity (Wildman–Crippen MR) is 240 cm³/mol. The van der Waals surface area contributed by atoms with Crippen molar-refractivity contribution in [1.82, 2.24) is 45.2 Å². The second-order valence-electron chi connectivity index (χ2n) is 18.9. The van der Waals surface area contributed by atoms with E-state index in [1.165, 1.54) is 29.4 Å². The maximum atomic E-state index is 14.0. The highest BCUT2D eigenvalue weighted by Gasteiger charge is 2.46. The van der Waals surface area contributed by atoms with E-state index in [0.29, 0.717) is 60.7 Å². The van der Waals surface area contributed by atoms with E-state index in [1.54, 1.807) is 59.9 Å². The molecule has 3 saturated heterocycles. The van der Waals surface area contributed by atoms with Crippen molar-refractivity contribution < 1.29 is 41.8 Å². The Morgan fingerprint density at radius 3 is 2.28 bits per heavy atom. The van der Waals surface area contributed by atoms with E-state index in [1.807, 2.05) is 13.8 Å². The number of rotatable bonds is 10. The summed E-state index contributed by atoms with van der Waals surface area (Å²) in [5, 5.41) is 13.6. The van der Waals surface area contributed by atoms with Crippen molar-refractivity contribution in [3.05, 3.63) is 47.8 Å². The molecule has 0 aliphatic carbocycles. The number of methoxy groups -OCH3 is 1. The second-order valence-corrected chi connectivity index (χ2v) is 21.5. The van der Waals surface area contributed by atoms with Crippen LogP contribution in [0.15, 0.2) is 35.7 Å². The first-order valence-corrected chi connectivity index (χ1v) is 23.3.